The second-order valence-corrected chi connectivity index (χ2v) is 10.6. The third-order valence-electron chi connectivity index (χ3n) is 3.66. The summed E-state index contributed by atoms with van der Waals surface area (Å²) in [7, 11) is -7.66. The molecule has 2 rings (SSSR count). The van der Waals surface area contributed by atoms with Crippen LogP contribution in [0.25, 0.3) is 0 Å². The Hall–Kier alpha value is -3.02. The first kappa shape index (κ1) is 29.0. The molecule has 0 aromatic heterocycles. The highest BCUT2D eigenvalue weighted by Gasteiger charge is 2.21. The Morgan fingerprint density at radius 1 is 0.765 bits per heavy atom. The van der Waals surface area contributed by atoms with Crippen molar-refractivity contribution < 1.29 is 31.4 Å². The maximum atomic E-state index is 11.7. The number of hydrogen-bond acceptors (Lipinski definition) is 11. The SMILES string of the molecule is CC(C)ONS(=O)(=O)c1ccc(N)c(N)c1.CC(C)ONS(=O)(=O)c1ccc(N)c([N+](=O)[O-])c1. The number of nitrogen functional groups attached to an aromatic ring is 3. The van der Waals surface area contributed by atoms with E-state index in [-0.39, 0.29) is 33.4 Å². The van der Waals surface area contributed by atoms with E-state index in [1.54, 1.807) is 27.7 Å². The van der Waals surface area contributed by atoms with E-state index in [1.807, 2.05) is 9.77 Å². The van der Waals surface area contributed by atoms with Crippen LogP contribution in [-0.2, 0) is 29.7 Å². The van der Waals surface area contributed by atoms with E-state index in [2.05, 4.69) is 0 Å². The average Bonchev–Trinajstić information content (AvgIpc) is 2.73. The Kier molecular flexibility index (Phi) is 10.2. The molecule has 0 spiro atoms. The molecule has 8 N–H and O–H groups in total. The number of benzene rings is 2. The van der Waals surface area contributed by atoms with Gasteiger partial charge in [-0.3, -0.25) is 19.8 Å². The van der Waals surface area contributed by atoms with Gasteiger partial charge in [0, 0.05) is 6.07 Å². The van der Waals surface area contributed by atoms with E-state index in [4.69, 9.17) is 26.9 Å². The molecule has 0 amide bonds. The van der Waals surface area contributed by atoms with Crippen LogP contribution in [0.1, 0.15) is 27.7 Å². The lowest BCUT2D eigenvalue weighted by molar-refractivity contribution is -0.384. The highest BCUT2D eigenvalue weighted by atomic mass is 32.2. The van der Waals surface area contributed by atoms with Gasteiger partial charge < -0.3 is 17.2 Å². The van der Waals surface area contributed by atoms with Gasteiger partial charge in [-0.05, 0) is 58.0 Å². The smallest absolute Gasteiger partial charge is 0.293 e. The lowest BCUT2D eigenvalue weighted by Gasteiger charge is -2.10. The lowest BCUT2D eigenvalue weighted by atomic mass is 10.3. The number of nitro groups is 1. The predicted molar refractivity (Wildman–Crippen MR) is 126 cm³/mol. The Bertz CT molecular complexity index is 1220. The molecule has 0 atom stereocenters. The fourth-order valence-corrected chi connectivity index (χ4v) is 3.86. The van der Waals surface area contributed by atoms with Gasteiger partial charge in [0.05, 0.1) is 38.3 Å². The molecule has 0 fully saturated rings. The number of anilines is 3. The number of nitro benzene ring substituents is 1. The monoisotopic (exact) mass is 520 g/mol. The molecule has 0 unspecified atom stereocenters. The zero-order chi connectivity index (χ0) is 26.3. The summed E-state index contributed by atoms with van der Waals surface area (Å²) in [5.41, 5.74) is 16.3. The Morgan fingerprint density at radius 3 is 1.56 bits per heavy atom. The van der Waals surface area contributed by atoms with E-state index in [0.29, 0.717) is 5.69 Å². The van der Waals surface area contributed by atoms with E-state index in [0.717, 1.165) is 18.2 Å². The molecular formula is C18H28N6O8S2. The normalized spacial score (nSPS) is 11.8. The number of rotatable bonds is 9. The van der Waals surface area contributed by atoms with Crippen molar-refractivity contribution in [2.75, 3.05) is 17.2 Å². The Morgan fingerprint density at radius 2 is 1.18 bits per heavy atom. The van der Waals surface area contributed by atoms with Gasteiger partial charge in [-0.25, -0.2) is 16.8 Å². The third kappa shape index (κ3) is 8.73. The van der Waals surface area contributed by atoms with Gasteiger partial charge in [-0.15, -0.1) is 0 Å². The summed E-state index contributed by atoms with van der Waals surface area (Å²) < 4.78 is 46.8. The molecule has 34 heavy (non-hydrogen) atoms. The number of nitrogens with zero attached hydrogens (tertiary/aromatic N) is 1. The van der Waals surface area contributed by atoms with Crippen LogP contribution in [0.5, 0.6) is 0 Å². The van der Waals surface area contributed by atoms with E-state index >= 15 is 0 Å². The van der Waals surface area contributed by atoms with Crippen molar-refractivity contribution >= 4 is 42.8 Å². The summed E-state index contributed by atoms with van der Waals surface area (Å²) >= 11 is 0. The minimum absolute atomic E-state index is 0.0138. The first-order valence-electron chi connectivity index (χ1n) is 9.60. The standard InChI is InChI=1S/C9H13N3O5S.C9H15N3O3S/c1-6(2)17-11-18(15,16)7-3-4-8(10)9(5-7)12(13)14;1-6(2)15-12-16(13,14)7-3-4-8(10)9(11)5-7/h3-6,11H,10H2,1-2H3;3-6,12H,10-11H2,1-2H3. The fourth-order valence-electron chi connectivity index (χ4n) is 1.98. The Balaban J connectivity index is 0.000000342. The molecule has 0 saturated carbocycles. The summed E-state index contributed by atoms with van der Waals surface area (Å²) in [4.78, 5) is 23.1. The maximum absolute atomic E-state index is 11.7. The van der Waals surface area contributed by atoms with Crippen LogP contribution in [0.3, 0.4) is 0 Å². The summed E-state index contributed by atoms with van der Waals surface area (Å²) in [5, 5.41) is 10.6. The van der Waals surface area contributed by atoms with E-state index in [1.165, 1.54) is 18.2 Å². The average molecular weight is 521 g/mol. The molecule has 2 aromatic carbocycles. The van der Waals surface area contributed by atoms with Crippen LogP contribution in [0.2, 0.25) is 0 Å². The molecule has 0 aliphatic heterocycles. The van der Waals surface area contributed by atoms with E-state index < -0.39 is 30.7 Å². The van der Waals surface area contributed by atoms with Crippen molar-refractivity contribution in [3.05, 3.63) is 46.5 Å². The minimum Gasteiger partial charge on any atom is -0.397 e. The predicted octanol–water partition coefficient (Wildman–Crippen LogP) is 1.26. The summed E-state index contributed by atoms with van der Waals surface area (Å²) in [5.74, 6) is 0. The summed E-state index contributed by atoms with van der Waals surface area (Å²) in [6, 6.07) is 7.26. The van der Waals surface area contributed by atoms with Crippen molar-refractivity contribution in [2.45, 2.75) is 49.7 Å². The highest BCUT2D eigenvalue weighted by molar-refractivity contribution is 7.89. The maximum Gasteiger partial charge on any atom is 0.293 e. The van der Waals surface area contributed by atoms with Crippen LogP contribution in [0.4, 0.5) is 22.7 Å². The molecular weight excluding hydrogens is 492 g/mol. The van der Waals surface area contributed by atoms with Gasteiger partial charge in [0.25, 0.3) is 25.7 Å². The van der Waals surface area contributed by atoms with Gasteiger partial charge in [-0.2, -0.15) is 0 Å². The third-order valence-corrected chi connectivity index (χ3v) is 6.04. The van der Waals surface area contributed by atoms with Crippen LogP contribution >= 0.6 is 0 Å². The molecule has 14 nitrogen and oxygen atoms in total. The van der Waals surface area contributed by atoms with Crippen LogP contribution in [0.15, 0.2) is 46.2 Å². The number of nitrogens with one attached hydrogen (secondary N) is 2. The molecule has 2 aromatic rings. The molecule has 0 saturated heterocycles. The number of sulfonamides is 2. The zero-order valence-electron chi connectivity index (χ0n) is 18.9. The van der Waals surface area contributed by atoms with Gasteiger partial charge in [0.2, 0.25) is 0 Å². The number of hydrogen-bond donors (Lipinski definition) is 5. The van der Waals surface area contributed by atoms with Crippen molar-refractivity contribution in [3.8, 4) is 0 Å². The fraction of sp³-hybridized carbons (Fsp3) is 0.333. The molecule has 0 bridgehead atoms. The van der Waals surface area contributed by atoms with Crippen LogP contribution in [-0.4, -0.2) is 34.0 Å². The molecule has 190 valence electrons. The van der Waals surface area contributed by atoms with Gasteiger partial charge >= 0.3 is 0 Å². The zero-order valence-corrected chi connectivity index (χ0v) is 20.5. The summed E-state index contributed by atoms with van der Waals surface area (Å²) in [6.07, 6.45) is -0.607. The van der Waals surface area contributed by atoms with Crippen molar-refractivity contribution in [1.82, 2.24) is 9.77 Å². The second-order valence-electron chi connectivity index (χ2n) is 7.28. The molecule has 16 heteroatoms. The van der Waals surface area contributed by atoms with Crippen molar-refractivity contribution in [3.63, 3.8) is 0 Å². The highest BCUT2D eigenvalue weighted by Crippen LogP contribution is 2.24. The molecule has 0 radical (unpaired) electrons. The quantitative estimate of drug-likeness (QED) is 0.179. The first-order chi connectivity index (χ1) is 15.6. The van der Waals surface area contributed by atoms with Gasteiger partial charge in [0.1, 0.15) is 5.69 Å². The minimum atomic E-state index is -3.96. The molecule has 0 heterocycles. The first-order valence-corrected chi connectivity index (χ1v) is 12.6. The summed E-state index contributed by atoms with van der Waals surface area (Å²) in [6.45, 7) is 6.68. The van der Waals surface area contributed by atoms with Crippen molar-refractivity contribution in [2.24, 2.45) is 0 Å². The van der Waals surface area contributed by atoms with Crippen LogP contribution < -0.4 is 27.0 Å². The second kappa shape index (κ2) is 11.9. The van der Waals surface area contributed by atoms with Crippen molar-refractivity contribution in [1.29, 1.82) is 0 Å². The largest absolute Gasteiger partial charge is 0.397 e. The molecule has 0 aliphatic carbocycles. The van der Waals surface area contributed by atoms with Gasteiger partial charge in [0.15, 0.2) is 0 Å². The van der Waals surface area contributed by atoms with Crippen LogP contribution in [0, 0.1) is 10.1 Å². The topological polar surface area (TPSA) is 232 Å². The van der Waals surface area contributed by atoms with E-state index in [9.17, 15) is 26.9 Å². The Labute approximate surface area is 197 Å². The van der Waals surface area contributed by atoms with Gasteiger partial charge in [-0.1, -0.05) is 9.77 Å². The lowest BCUT2D eigenvalue weighted by Crippen LogP contribution is -2.27. The number of nitrogens with two attached hydrogens (primary N) is 3. The molecule has 0 aliphatic rings.